The van der Waals surface area contributed by atoms with E-state index in [2.05, 4.69) is 10.5 Å². The average Bonchev–Trinajstić information content (AvgIpc) is 3.03. The molecule has 1 aliphatic rings. The van der Waals surface area contributed by atoms with Crippen molar-refractivity contribution in [3.8, 4) is 0 Å². The van der Waals surface area contributed by atoms with Crippen molar-refractivity contribution in [3.05, 3.63) is 52.1 Å². The van der Waals surface area contributed by atoms with Crippen molar-refractivity contribution >= 4 is 17.5 Å². The molecule has 0 aliphatic heterocycles. The molecule has 1 heterocycles. The standard InChI is InChI=1S/C14H12ClFN2O2/c1-7-10(6-20-18-7)14(19)17-13-5-9(13)8-2-3-11(15)12(16)4-8/h2-4,6,9,13H,5H2,1H3,(H,17,19)/t9-,13+/m0/s1. The topological polar surface area (TPSA) is 55.1 Å². The quantitative estimate of drug-likeness (QED) is 0.946. The van der Waals surface area contributed by atoms with Crippen LogP contribution in [0.1, 0.15) is 34.0 Å². The third kappa shape index (κ3) is 2.41. The smallest absolute Gasteiger partial charge is 0.256 e. The zero-order valence-electron chi connectivity index (χ0n) is 10.7. The molecule has 1 aromatic heterocycles. The third-order valence-corrected chi connectivity index (χ3v) is 3.78. The van der Waals surface area contributed by atoms with Crippen LogP contribution in [0, 0.1) is 12.7 Å². The van der Waals surface area contributed by atoms with Crippen LogP contribution in [0.2, 0.25) is 5.02 Å². The third-order valence-electron chi connectivity index (χ3n) is 3.47. The number of hydrogen-bond acceptors (Lipinski definition) is 3. The number of amides is 1. The predicted molar refractivity (Wildman–Crippen MR) is 71.3 cm³/mol. The van der Waals surface area contributed by atoms with E-state index in [9.17, 15) is 9.18 Å². The summed E-state index contributed by atoms with van der Waals surface area (Å²) in [5, 5.41) is 6.66. The first kappa shape index (κ1) is 13.1. The molecule has 1 aliphatic carbocycles. The number of aromatic nitrogens is 1. The average molecular weight is 295 g/mol. The second-order valence-corrected chi connectivity index (χ2v) is 5.32. The Labute approximate surface area is 119 Å². The maximum atomic E-state index is 13.4. The second-order valence-electron chi connectivity index (χ2n) is 4.91. The van der Waals surface area contributed by atoms with Gasteiger partial charge in [-0.05, 0) is 31.0 Å². The molecule has 1 amide bonds. The monoisotopic (exact) mass is 294 g/mol. The van der Waals surface area contributed by atoms with Gasteiger partial charge in [-0.25, -0.2) is 4.39 Å². The minimum absolute atomic E-state index is 0.0115. The van der Waals surface area contributed by atoms with Gasteiger partial charge in [0.15, 0.2) is 0 Å². The highest BCUT2D eigenvalue weighted by molar-refractivity contribution is 6.30. The maximum Gasteiger partial charge on any atom is 0.256 e. The zero-order valence-corrected chi connectivity index (χ0v) is 11.4. The normalized spacial score (nSPS) is 20.8. The summed E-state index contributed by atoms with van der Waals surface area (Å²) in [6.07, 6.45) is 2.11. The van der Waals surface area contributed by atoms with Gasteiger partial charge in [0.05, 0.1) is 10.7 Å². The highest BCUT2D eigenvalue weighted by atomic mass is 35.5. The molecule has 0 unspecified atom stereocenters. The van der Waals surface area contributed by atoms with Gasteiger partial charge in [0.1, 0.15) is 17.6 Å². The van der Waals surface area contributed by atoms with Crippen molar-refractivity contribution in [2.45, 2.75) is 25.3 Å². The Bertz CT molecular complexity index is 671. The lowest BCUT2D eigenvalue weighted by molar-refractivity contribution is 0.0949. The van der Waals surface area contributed by atoms with E-state index in [0.29, 0.717) is 11.3 Å². The van der Waals surface area contributed by atoms with Crippen molar-refractivity contribution in [3.63, 3.8) is 0 Å². The summed E-state index contributed by atoms with van der Waals surface area (Å²) < 4.78 is 18.1. The number of nitrogens with zero attached hydrogens (tertiary/aromatic N) is 1. The molecule has 0 bridgehead atoms. The number of benzene rings is 1. The van der Waals surface area contributed by atoms with Crippen molar-refractivity contribution in [2.24, 2.45) is 0 Å². The molecule has 1 N–H and O–H groups in total. The highest BCUT2D eigenvalue weighted by Crippen LogP contribution is 2.41. The van der Waals surface area contributed by atoms with E-state index in [1.807, 2.05) is 0 Å². The highest BCUT2D eigenvalue weighted by Gasteiger charge is 2.40. The molecule has 3 rings (SSSR count). The summed E-state index contributed by atoms with van der Waals surface area (Å²) in [6, 6.07) is 4.75. The van der Waals surface area contributed by atoms with Gasteiger partial charge in [-0.3, -0.25) is 4.79 Å². The summed E-state index contributed by atoms with van der Waals surface area (Å²) in [7, 11) is 0. The zero-order chi connectivity index (χ0) is 14.3. The molecular weight excluding hydrogens is 283 g/mol. The number of carbonyl (C=O) groups excluding carboxylic acids is 1. The molecule has 1 fully saturated rings. The van der Waals surface area contributed by atoms with Gasteiger partial charge in [-0.15, -0.1) is 0 Å². The number of aryl methyl sites for hydroxylation is 1. The first-order valence-electron chi connectivity index (χ1n) is 6.23. The second kappa shape index (κ2) is 4.90. The van der Waals surface area contributed by atoms with Crippen LogP contribution in [0.15, 0.2) is 29.0 Å². The van der Waals surface area contributed by atoms with Crippen LogP contribution >= 0.6 is 11.6 Å². The van der Waals surface area contributed by atoms with E-state index in [4.69, 9.17) is 16.1 Å². The van der Waals surface area contributed by atoms with Crippen molar-refractivity contribution < 1.29 is 13.7 Å². The van der Waals surface area contributed by atoms with E-state index in [1.54, 1.807) is 13.0 Å². The van der Waals surface area contributed by atoms with E-state index >= 15 is 0 Å². The molecule has 104 valence electrons. The van der Waals surface area contributed by atoms with Crippen molar-refractivity contribution in [2.75, 3.05) is 0 Å². The van der Waals surface area contributed by atoms with Gasteiger partial charge >= 0.3 is 0 Å². The van der Waals surface area contributed by atoms with Crippen LogP contribution in [0.4, 0.5) is 4.39 Å². The minimum atomic E-state index is -0.434. The van der Waals surface area contributed by atoms with E-state index in [1.165, 1.54) is 18.4 Å². The van der Waals surface area contributed by atoms with Crippen LogP contribution < -0.4 is 5.32 Å². The van der Waals surface area contributed by atoms with Crippen LogP contribution in [0.25, 0.3) is 0 Å². The van der Waals surface area contributed by atoms with Gasteiger partial charge in [-0.1, -0.05) is 22.8 Å². The first-order chi connectivity index (χ1) is 9.56. The molecule has 0 saturated heterocycles. The Morgan fingerprint density at radius 3 is 3.00 bits per heavy atom. The molecule has 0 spiro atoms. The Hall–Kier alpha value is -1.88. The van der Waals surface area contributed by atoms with Gasteiger partial charge < -0.3 is 9.84 Å². The van der Waals surface area contributed by atoms with Crippen molar-refractivity contribution in [1.82, 2.24) is 10.5 Å². The molecule has 1 aromatic carbocycles. The van der Waals surface area contributed by atoms with Gasteiger partial charge in [-0.2, -0.15) is 0 Å². The number of nitrogens with one attached hydrogen (secondary N) is 1. The number of halogens is 2. The molecule has 1 saturated carbocycles. The van der Waals surface area contributed by atoms with E-state index in [-0.39, 0.29) is 22.9 Å². The Morgan fingerprint density at radius 2 is 2.35 bits per heavy atom. The SMILES string of the molecule is Cc1nocc1C(=O)N[C@@H]1C[C@H]1c1ccc(Cl)c(F)c1. The molecule has 2 atom stereocenters. The largest absolute Gasteiger partial charge is 0.364 e. The molecule has 2 aromatic rings. The fraction of sp³-hybridized carbons (Fsp3) is 0.286. The maximum absolute atomic E-state index is 13.4. The Balaban J connectivity index is 1.66. The molecule has 20 heavy (non-hydrogen) atoms. The van der Waals surface area contributed by atoms with Gasteiger partial charge in [0.2, 0.25) is 0 Å². The summed E-state index contributed by atoms with van der Waals surface area (Å²) in [4.78, 5) is 12.0. The summed E-state index contributed by atoms with van der Waals surface area (Å²) in [6.45, 7) is 1.71. The number of hydrogen-bond donors (Lipinski definition) is 1. The lowest BCUT2D eigenvalue weighted by Crippen LogP contribution is -2.26. The fourth-order valence-corrected chi connectivity index (χ4v) is 2.34. The van der Waals surface area contributed by atoms with E-state index in [0.717, 1.165) is 12.0 Å². The van der Waals surface area contributed by atoms with Crippen LogP contribution in [-0.4, -0.2) is 17.1 Å². The summed E-state index contributed by atoms with van der Waals surface area (Å²) in [5.74, 6) is -0.521. The Kier molecular flexibility index (Phi) is 3.22. The van der Waals surface area contributed by atoms with Crippen LogP contribution in [0.3, 0.4) is 0 Å². The Morgan fingerprint density at radius 1 is 1.55 bits per heavy atom. The molecule has 4 nitrogen and oxygen atoms in total. The van der Waals surface area contributed by atoms with Gasteiger partial charge in [0.25, 0.3) is 5.91 Å². The molecular formula is C14H12ClFN2O2. The van der Waals surface area contributed by atoms with Crippen LogP contribution in [0.5, 0.6) is 0 Å². The lowest BCUT2D eigenvalue weighted by Gasteiger charge is -2.04. The predicted octanol–water partition coefficient (Wildman–Crippen LogP) is 3.06. The molecule has 6 heteroatoms. The van der Waals surface area contributed by atoms with E-state index < -0.39 is 5.82 Å². The van der Waals surface area contributed by atoms with Crippen LogP contribution in [-0.2, 0) is 0 Å². The number of rotatable bonds is 3. The fourth-order valence-electron chi connectivity index (χ4n) is 2.22. The van der Waals surface area contributed by atoms with Crippen molar-refractivity contribution in [1.29, 1.82) is 0 Å². The van der Waals surface area contributed by atoms with Gasteiger partial charge in [0, 0.05) is 12.0 Å². The lowest BCUT2D eigenvalue weighted by atomic mass is 10.1. The summed E-state index contributed by atoms with van der Waals surface area (Å²) >= 11 is 5.65. The number of carbonyl (C=O) groups is 1. The first-order valence-corrected chi connectivity index (χ1v) is 6.61. The summed E-state index contributed by atoms with van der Waals surface area (Å²) in [5.41, 5.74) is 1.83. The molecule has 0 radical (unpaired) electrons. The minimum Gasteiger partial charge on any atom is -0.364 e.